The van der Waals surface area contributed by atoms with Crippen LogP contribution in [0.25, 0.3) is 10.9 Å². The third-order valence-corrected chi connectivity index (χ3v) is 2.25. The molecule has 0 radical (unpaired) electrons. The van der Waals surface area contributed by atoms with Crippen LogP contribution in [0.2, 0.25) is 0 Å². The van der Waals surface area contributed by atoms with E-state index in [0.29, 0.717) is 5.39 Å². The van der Waals surface area contributed by atoms with Crippen molar-refractivity contribution >= 4 is 10.9 Å². The van der Waals surface area contributed by atoms with Crippen LogP contribution in [0.1, 0.15) is 33.7 Å². The quantitative estimate of drug-likeness (QED) is 0.737. The summed E-state index contributed by atoms with van der Waals surface area (Å²) < 4.78 is 1.64. The Balaban J connectivity index is 0.000000606. The van der Waals surface area contributed by atoms with Crippen molar-refractivity contribution in [1.29, 1.82) is 0 Å². The van der Waals surface area contributed by atoms with Gasteiger partial charge in [0.15, 0.2) is 0 Å². The number of aromatic nitrogens is 2. The topological polar surface area (TPSA) is 34.9 Å². The second kappa shape index (κ2) is 5.45. The molecule has 1 aromatic carbocycles. The zero-order valence-corrected chi connectivity index (χ0v) is 10.3. The maximum atomic E-state index is 11.9. The predicted molar refractivity (Wildman–Crippen MR) is 67.7 cm³/mol. The smallest absolute Gasteiger partial charge is 0.261 e. The van der Waals surface area contributed by atoms with E-state index in [1.54, 1.807) is 10.9 Å². The van der Waals surface area contributed by atoms with Crippen LogP contribution in [0.3, 0.4) is 0 Å². The summed E-state index contributed by atoms with van der Waals surface area (Å²) in [4.78, 5) is 16.1. The van der Waals surface area contributed by atoms with E-state index >= 15 is 0 Å². The molecule has 0 N–H and O–H groups in total. The van der Waals surface area contributed by atoms with Crippen LogP contribution in [0.15, 0.2) is 35.4 Å². The largest absolute Gasteiger partial charge is 0.296 e. The lowest BCUT2D eigenvalue weighted by Crippen LogP contribution is -2.22. The van der Waals surface area contributed by atoms with E-state index in [1.165, 1.54) is 0 Å². The van der Waals surface area contributed by atoms with E-state index in [2.05, 4.69) is 4.98 Å². The molecule has 1 heterocycles. The second-order valence-corrected chi connectivity index (χ2v) is 3.57. The van der Waals surface area contributed by atoms with E-state index in [4.69, 9.17) is 0 Å². The maximum Gasteiger partial charge on any atom is 0.261 e. The van der Waals surface area contributed by atoms with Crippen LogP contribution in [-0.4, -0.2) is 9.55 Å². The van der Waals surface area contributed by atoms with Crippen molar-refractivity contribution < 1.29 is 0 Å². The average Bonchev–Trinajstić information content (AvgIpc) is 2.32. The highest BCUT2D eigenvalue weighted by molar-refractivity contribution is 5.76. The number of fused-ring (bicyclic) bond motifs is 1. The van der Waals surface area contributed by atoms with E-state index in [9.17, 15) is 4.79 Å². The number of para-hydroxylation sites is 1. The summed E-state index contributed by atoms with van der Waals surface area (Å²) in [6.07, 6.45) is 1.61. The molecular weight excluding hydrogens is 200 g/mol. The number of hydrogen-bond acceptors (Lipinski definition) is 2. The normalized spacial score (nSPS) is 10.1. The highest BCUT2D eigenvalue weighted by Gasteiger charge is 2.04. The SMILES string of the molecule is CC.CC(C)n1cnc2ccccc2c1=O. The van der Waals surface area contributed by atoms with Gasteiger partial charge in [-0.05, 0) is 26.0 Å². The molecule has 2 rings (SSSR count). The Bertz CT molecular complexity index is 515. The van der Waals surface area contributed by atoms with Gasteiger partial charge in [0.2, 0.25) is 0 Å². The molecule has 0 fully saturated rings. The molecular formula is C13H18N2O. The van der Waals surface area contributed by atoms with Gasteiger partial charge < -0.3 is 0 Å². The molecule has 0 saturated carbocycles. The highest BCUT2D eigenvalue weighted by Crippen LogP contribution is 2.07. The number of nitrogens with zero attached hydrogens (tertiary/aromatic N) is 2. The van der Waals surface area contributed by atoms with Gasteiger partial charge in [-0.15, -0.1) is 0 Å². The summed E-state index contributed by atoms with van der Waals surface area (Å²) in [5.41, 5.74) is 0.792. The Hall–Kier alpha value is -1.64. The molecule has 16 heavy (non-hydrogen) atoms. The molecule has 86 valence electrons. The van der Waals surface area contributed by atoms with Crippen LogP contribution in [-0.2, 0) is 0 Å². The number of rotatable bonds is 1. The fourth-order valence-corrected chi connectivity index (χ4v) is 1.45. The summed E-state index contributed by atoms with van der Waals surface area (Å²) in [7, 11) is 0. The fourth-order valence-electron chi connectivity index (χ4n) is 1.45. The van der Waals surface area contributed by atoms with Gasteiger partial charge in [0.05, 0.1) is 17.2 Å². The summed E-state index contributed by atoms with van der Waals surface area (Å²) in [5.74, 6) is 0. The molecule has 3 nitrogen and oxygen atoms in total. The minimum atomic E-state index is 0.0330. The predicted octanol–water partition coefficient (Wildman–Crippen LogP) is 3.00. The van der Waals surface area contributed by atoms with Crippen molar-refractivity contribution in [3.8, 4) is 0 Å². The van der Waals surface area contributed by atoms with E-state index < -0.39 is 0 Å². The zero-order chi connectivity index (χ0) is 12.1. The van der Waals surface area contributed by atoms with Crippen molar-refractivity contribution in [2.75, 3.05) is 0 Å². The second-order valence-electron chi connectivity index (χ2n) is 3.57. The van der Waals surface area contributed by atoms with Gasteiger partial charge in [-0.2, -0.15) is 0 Å². The van der Waals surface area contributed by atoms with Crippen LogP contribution in [0.5, 0.6) is 0 Å². The van der Waals surface area contributed by atoms with Crippen molar-refractivity contribution in [1.82, 2.24) is 9.55 Å². The fraction of sp³-hybridized carbons (Fsp3) is 0.385. The van der Waals surface area contributed by atoms with Crippen LogP contribution in [0, 0.1) is 0 Å². The molecule has 0 spiro atoms. The molecule has 2 aromatic rings. The number of benzene rings is 1. The van der Waals surface area contributed by atoms with Crippen LogP contribution >= 0.6 is 0 Å². The van der Waals surface area contributed by atoms with E-state index in [-0.39, 0.29) is 11.6 Å². The van der Waals surface area contributed by atoms with Gasteiger partial charge >= 0.3 is 0 Å². The zero-order valence-electron chi connectivity index (χ0n) is 10.3. The molecule has 0 aliphatic rings. The molecule has 0 atom stereocenters. The first-order chi connectivity index (χ1) is 7.70. The lowest BCUT2D eigenvalue weighted by Gasteiger charge is -2.09. The van der Waals surface area contributed by atoms with Crippen LogP contribution in [0.4, 0.5) is 0 Å². The third kappa shape index (κ3) is 2.30. The Kier molecular flexibility index (Phi) is 4.23. The van der Waals surface area contributed by atoms with Gasteiger partial charge in [0.25, 0.3) is 5.56 Å². The Morgan fingerprint density at radius 2 is 1.81 bits per heavy atom. The highest BCUT2D eigenvalue weighted by atomic mass is 16.1. The van der Waals surface area contributed by atoms with Gasteiger partial charge in [0, 0.05) is 6.04 Å². The summed E-state index contributed by atoms with van der Waals surface area (Å²) >= 11 is 0. The van der Waals surface area contributed by atoms with Crippen molar-refractivity contribution in [2.24, 2.45) is 0 Å². The van der Waals surface area contributed by atoms with Crippen molar-refractivity contribution in [3.63, 3.8) is 0 Å². The summed E-state index contributed by atoms with van der Waals surface area (Å²) in [5, 5.41) is 0.684. The lowest BCUT2D eigenvalue weighted by molar-refractivity contribution is 0.573. The van der Waals surface area contributed by atoms with Crippen molar-refractivity contribution in [2.45, 2.75) is 33.7 Å². The van der Waals surface area contributed by atoms with Gasteiger partial charge in [-0.25, -0.2) is 4.98 Å². The van der Waals surface area contributed by atoms with Gasteiger partial charge in [-0.1, -0.05) is 26.0 Å². The standard InChI is InChI=1S/C11H12N2O.C2H6/c1-8(2)13-7-12-10-6-4-3-5-9(10)11(13)14;1-2/h3-8H,1-2H3;1-2H3. The average molecular weight is 218 g/mol. The summed E-state index contributed by atoms with van der Waals surface area (Å²) in [6, 6.07) is 7.55. The van der Waals surface area contributed by atoms with Crippen molar-refractivity contribution in [3.05, 3.63) is 40.9 Å². The first kappa shape index (κ1) is 12.4. The molecule has 0 bridgehead atoms. The Labute approximate surface area is 95.8 Å². The van der Waals surface area contributed by atoms with Gasteiger partial charge in [0.1, 0.15) is 0 Å². The molecule has 0 unspecified atom stereocenters. The lowest BCUT2D eigenvalue weighted by atomic mass is 10.2. The van der Waals surface area contributed by atoms with E-state index in [0.717, 1.165) is 5.52 Å². The Morgan fingerprint density at radius 3 is 2.44 bits per heavy atom. The maximum absolute atomic E-state index is 11.9. The first-order valence-corrected chi connectivity index (χ1v) is 5.66. The molecule has 0 amide bonds. The molecule has 3 heteroatoms. The first-order valence-electron chi connectivity index (χ1n) is 5.66. The minimum absolute atomic E-state index is 0.0330. The molecule has 1 aromatic heterocycles. The Morgan fingerprint density at radius 1 is 1.19 bits per heavy atom. The molecule has 0 aliphatic carbocycles. The monoisotopic (exact) mass is 218 g/mol. The number of hydrogen-bond donors (Lipinski definition) is 0. The molecule has 0 saturated heterocycles. The van der Waals surface area contributed by atoms with Crippen LogP contribution < -0.4 is 5.56 Å². The summed E-state index contributed by atoms with van der Waals surface area (Å²) in [6.45, 7) is 7.94. The molecule has 0 aliphatic heterocycles. The van der Waals surface area contributed by atoms with Gasteiger partial charge in [-0.3, -0.25) is 9.36 Å². The third-order valence-electron chi connectivity index (χ3n) is 2.25. The van der Waals surface area contributed by atoms with E-state index in [1.807, 2.05) is 52.0 Å². The minimum Gasteiger partial charge on any atom is -0.296 e.